The van der Waals surface area contributed by atoms with Crippen LogP contribution in [-0.4, -0.2) is 35.9 Å². The van der Waals surface area contributed by atoms with Crippen molar-refractivity contribution in [3.63, 3.8) is 0 Å². The summed E-state index contributed by atoms with van der Waals surface area (Å²) in [6, 6.07) is 11.9. The number of carbonyl (C=O) groups excluding carboxylic acids is 1. The molecule has 0 saturated carbocycles. The third-order valence-electron chi connectivity index (χ3n) is 6.06. The van der Waals surface area contributed by atoms with Gasteiger partial charge in [-0.15, -0.1) is 0 Å². The molecular formula is C23H29NO2. The molecule has 1 aliphatic heterocycles. The van der Waals surface area contributed by atoms with E-state index in [-0.39, 0.29) is 5.78 Å². The molecule has 1 heterocycles. The molecule has 1 N–H and O–H groups in total. The molecule has 2 aromatic carbocycles. The second-order valence-electron chi connectivity index (χ2n) is 7.95. The van der Waals surface area contributed by atoms with Crippen molar-refractivity contribution in [2.24, 2.45) is 5.92 Å². The number of Topliss-reactive ketones (excluding diaryl/α,β-unsaturated/α-hetero) is 1. The topological polar surface area (TPSA) is 40.5 Å². The van der Waals surface area contributed by atoms with Crippen LogP contribution >= 0.6 is 0 Å². The molecular weight excluding hydrogens is 322 g/mol. The van der Waals surface area contributed by atoms with Gasteiger partial charge in [0.1, 0.15) is 5.60 Å². The minimum absolute atomic E-state index is 0.0281. The first-order valence-corrected chi connectivity index (χ1v) is 9.32. The third-order valence-corrected chi connectivity index (χ3v) is 6.06. The van der Waals surface area contributed by atoms with E-state index in [0.717, 1.165) is 23.2 Å². The first-order chi connectivity index (χ1) is 12.2. The van der Waals surface area contributed by atoms with Gasteiger partial charge in [0.05, 0.1) is 5.92 Å². The molecule has 0 aliphatic carbocycles. The van der Waals surface area contributed by atoms with E-state index in [1.54, 1.807) is 0 Å². The zero-order valence-electron chi connectivity index (χ0n) is 16.5. The van der Waals surface area contributed by atoms with E-state index in [1.165, 1.54) is 11.1 Å². The Hall–Kier alpha value is -1.97. The van der Waals surface area contributed by atoms with E-state index >= 15 is 0 Å². The highest BCUT2D eigenvalue weighted by atomic mass is 16.3. The minimum atomic E-state index is -1.12. The van der Waals surface area contributed by atoms with E-state index in [2.05, 4.69) is 18.7 Å². The van der Waals surface area contributed by atoms with Crippen LogP contribution in [0.3, 0.4) is 0 Å². The second kappa shape index (κ2) is 6.98. The number of hydrogen-bond acceptors (Lipinski definition) is 3. The van der Waals surface area contributed by atoms with Gasteiger partial charge in [0.15, 0.2) is 5.78 Å². The number of ketones is 1. The van der Waals surface area contributed by atoms with E-state index in [1.807, 2.05) is 57.3 Å². The molecule has 1 aliphatic rings. The lowest BCUT2D eigenvalue weighted by Gasteiger charge is -2.43. The Morgan fingerprint density at radius 3 is 2.23 bits per heavy atom. The molecule has 1 fully saturated rings. The average Bonchev–Trinajstić information content (AvgIpc) is 2.61. The van der Waals surface area contributed by atoms with Gasteiger partial charge in [0.25, 0.3) is 0 Å². The Morgan fingerprint density at radius 2 is 1.62 bits per heavy atom. The normalized spacial score (nSPS) is 23.8. The molecule has 0 radical (unpaired) electrons. The van der Waals surface area contributed by atoms with Crippen molar-refractivity contribution in [3.05, 3.63) is 69.8 Å². The van der Waals surface area contributed by atoms with Crippen LogP contribution in [-0.2, 0) is 5.60 Å². The summed E-state index contributed by atoms with van der Waals surface area (Å²) in [5.74, 6) is -0.439. The van der Waals surface area contributed by atoms with Crippen LogP contribution in [0.2, 0.25) is 0 Å². The molecule has 26 heavy (non-hydrogen) atoms. The van der Waals surface area contributed by atoms with Crippen LogP contribution in [0.5, 0.6) is 0 Å². The number of rotatable bonds is 3. The maximum atomic E-state index is 13.4. The summed E-state index contributed by atoms with van der Waals surface area (Å²) >= 11 is 0. The Bertz CT molecular complexity index is 842. The number of nitrogens with zero attached hydrogens (tertiary/aromatic N) is 1. The summed E-state index contributed by atoms with van der Waals surface area (Å²) in [6.45, 7) is 9.53. The first kappa shape index (κ1) is 18.8. The first-order valence-electron chi connectivity index (χ1n) is 9.32. The molecule has 0 bridgehead atoms. The van der Waals surface area contributed by atoms with Crippen LogP contribution in [0.25, 0.3) is 0 Å². The van der Waals surface area contributed by atoms with Gasteiger partial charge < -0.3 is 10.0 Å². The number of carbonyl (C=O) groups is 1. The lowest BCUT2D eigenvalue weighted by molar-refractivity contribution is -0.0594. The predicted octanol–water partition coefficient (Wildman–Crippen LogP) is 3.94. The van der Waals surface area contributed by atoms with Crippen molar-refractivity contribution in [2.75, 3.05) is 20.1 Å². The van der Waals surface area contributed by atoms with E-state index < -0.39 is 11.5 Å². The SMILES string of the molecule is Cc1ccc(C(=O)C2CN(C)CCC2(O)c2ccc(C)c(C)c2)cc1C. The summed E-state index contributed by atoms with van der Waals surface area (Å²) in [4.78, 5) is 15.5. The molecule has 0 spiro atoms. The number of aliphatic hydroxyl groups is 1. The molecule has 2 aromatic rings. The van der Waals surface area contributed by atoms with Crippen molar-refractivity contribution in [3.8, 4) is 0 Å². The largest absolute Gasteiger partial charge is 0.384 e. The molecule has 1 saturated heterocycles. The fourth-order valence-corrected chi connectivity index (χ4v) is 3.84. The third kappa shape index (κ3) is 3.34. The van der Waals surface area contributed by atoms with Crippen LogP contribution in [0, 0.1) is 33.6 Å². The summed E-state index contributed by atoms with van der Waals surface area (Å²) in [5, 5.41) is 11.6. The quantitative estimate of drug-likeness (QED) is 0.852. The monoisotopic (exact) mass is 351 g/mol. The van der Waals surface area contributed by atoms with E-state index in [0.29, 0.717) is 18.5 Å². The highest BCUT2D eigenvalue weighted by Gasteiger charge is 2.46. The van der Waals surface area contributed by atoms with Crippen molar-refractivity contribution in [1.29, 1.82) is 0 Å². The van der Waals surface area contributed by atoms with E-state index in [4.69, 9.17) is 0 Å². The van der Waals surface area contributed by atoms with Crippen LogP contribution in [0.4, 0.5) is 0 Å². The van der Waals surface area contributed by atoms with Gasteiger partial charge in [-0.25, -0.2) is 0 Å². The number of aryl methyl sites for hydroxylation is 4. The highest BCUT2D eigenvalue weighted by molar-refractivity contribution is 5.99. The molecule has 138 valence electrons. The zero-order chi connectivity index (χ0) is 19.1. The summed E-state index contributed by atoms with van der Waals surface area (Å²) < 4.78 is 0. The van der Waals surface area contributed by atoms with Crippen molar-refractivity contribution >= 4 is 5.78 Å². The lowest BCUT2D eigenvalue weighted by atomic mass is 9.72. The highest BCUT2D eigenvalue weighted by Crippen LogP contribution is 2.39. The number of hydrogen-bond donors (Lipinski definition) is 1. The fourth-order valence-electron chi connectivity index (χ4n) is 3.84. The second-order valence-corrected chi connectivity index (χ2v) is 7.95. The molecule has 0 amide bonds. The maximum absolute atomic E-state index is 13.4. The number of benzene rings is 2. The number of likely N-dealkylation sites (tertiary alicyclic amines) is 1. The summed E-state index contributed by atoms with van der Waals surface area (Å²) in [7, 11) is 2.01. The number of piperidine rings is 1. The molecule has 3 heteroatoms. The molecule has 2 unspecified atom stereocenters. The van der Waals surface area contributed by atoms with Gasteiger partial charge in [0, 0.05) is 18.7 Å². The maximum Gasteiger partial charge on any atom is 0.170 e. The van der Waals surface area contributed by atoms with Gasteiger partial charge in [-0.3, -0.25) is 4.79 Å². The molecule has 0 aromatic heterocycles. The smallest absolute Gasteiger partial charge is 0.170 e. The predicted molar refractivity (Wildman–Crippen MR) is 106 cm³/mol. The van der Waals surface area contributed by atoms with Crippen molar-refractivity contribution in [1.82, 2.24) is 4.90 Å². The van der Waals surface area contributed by atoms with Crippen LogP contribution < -0.4 is 0 Å². The summed E-state index contributed by atoms with van der Waals surface area (Å²) in [5.41, 5.74) is 5.04. The van der Waals surface area contributed by atoms with Gasteiger partial charge in [-0.05, 0) is 75.0 Å². The molecule has 2 atom stereocenters. The lowest BCUT2D eigenvalue weighted by Crippen LogP contribution is -2.52. The van der Waals surface area contributed by atoms with Gasteiger partial charge in [-0.1, -0.05) is 30.3 Å². The van der Waals surface area contributed by atoms with Gasteiger partial charge in [-0.2, -0.15) is 0 Å². The van der Waals surface area contributed by atoms with Crippen molar-refractivity contribution < 1.29 is 9.90 Å². The fraction of sp³-hybridized carbons (Fsp3) is 0.435. The van der Waals surface area contributed by atoms with Gasteiger partial charge >= 0.3 is 0 Å². The van der Waals surface area contributed by atoms with Crippen molar-refractivity contribution in [2.45, 2.75) is 39.7 Å². The standard InChI is InChI=1S/C23H29NO2/c1-15-6-8-19(12-17(15)3)22(25)21-14-24(5)11-10-23(21,26)20-9-7-16(2)18(4)13-20/h6-9,12-13,21,26H,10-11,14H2,1-5H3. The Balaban J connectivity index is 2.03. The van der Waals surface area contributed by atoms with Crippen LogP contribution in [0.1, 0.15) is 44.6 Å². The zero-order valence-corrected chi connectivity index (χ0v) is 16.5. The minimum Gasteiger partial charge on any atom is -0.384 e. The molecule has 3 rings (SSSR count). The Morgan fingerprint density at radius 1 is 1.00 bits per heavy atom. The summed E-state index contributed by atoms with van der Waals surface area (Å²) in [6.07, 6.45) is 0.563. The Kier molecular flexibility index (Phi) is 5.05. The molecule has 3 nitrogen and oxygen atoms in total. The van der Waals surface area contributed by atoms with E-state index in [9.17, 15) is 9.90 Å². The van der Waals surface area contributed by atoms with Crippen LogP contribution in [0.15, 0.2) is 36.4 Å². The van der Waals surface area contributed by atoms with Gasteiger partial charge in [0.2, 0.25) is 0 Å². The average molecular weight is 351 g/mol. The Labute approximate surface area is 156 Å².